The summed E-state index contributed by atoms with van der Waals surface area (Å²) in [4.78, 5) is 11.7. The summed E-state index contributed by atoms with van der Waals surface area (Å²) in [7, 11) is 1.58. The van der Waals surface area contributed by atoms with Crippen LogP contribution in [0.25, 0.3) is 0 Å². The molecule has 6 heteroatoms. The Hall–Kier alpha value is -1.24. The zero-order valence-electron chi connectivity index (χ0n) is 10.7. The van der Waals surface area contributed by atoms with Gasteiger partial charge in [-0.1, -0.05) is 0 Å². The van der Waals surface area contributed by atoms with Gasteiger partial charge in [-0.2, -0.15) is 0 Å². The molecular weight excluding hydrogens is 266 g/mol. The number of aliphatic carboxylic acids is 1. The molecule has 2 atom stereocenters. The minimum atomic E-state index is -1.30. The molecule has 1 fully saturated rings. The highest BCUT2D eigenvalue weighted by atomic mass is 32.2. The fourth-order valence-corrected chi connectivity index (χ4v) is 3.41. The van der Waals surface area contributed by atoms with Crippen LogP contribution in [0.3, 0.4) is 0 Å². The number of carboxylic acid groups (broad SMARTS) is 1. The lowest BCUT2D eigenvalue weighted by molar-refractivity contribution is -0.142. The average molecular weight is 283 g/mol. The second kappa shape index (κ2) is 6.27. The summed E-state index contributed by atoms with van der Waals surface area (Å²) in [6.45, 7) is 1.01. The molecule has 0 aromatic heterocycles. The van der Waals surface area contributed by atoms with Crippen LogP contribution in [-0.2, 0) is 16.2 Å². The molecule has 1 aliphatic rings. The van der Waals surface area contributed by atoms with E-state index in [9.17, 15) is 9.35 Å². The third-order valence-corrected chi connectivity index (χ3v) is 4.71. The molecule has 19 heavy (non-hydrogen) atoms. The van der Waals surface area contributed by atoms with Gasteiger partial charge in [0.2, 0.25) is 0 Å². The summed E-state index contributed by atoms with van der Waals surface area (Å²) in [5.74, 6) is -0.518. The maximum atomic E-state index is 12.4. The minimum absolute atomic E-state index is 0.341. The SMILES string of the molecule is COc1ccc([S+]([O-])N2CCCC(C(=O)O)C2)cc1. The number of nitrogens with zero attached hydrogens (tertiary/aromatic N) is 1. The number of hydrogen-bond donors (Lipinski definition) is 1. The molecule has 1 saturated heterocycles. The van der Waals surface area contributed by atoms with E-state index in [1.54, 1.807) is 35.7 Å². The van der Waals surface area contributed by atoms with Crippen molar-refractivity contribution >= 4 is 17.3 Å². The first-order valence-electron chi connectivity index (χ1n) is 6.15. The number of benzene rings is 1. The molecule has 104 valence electrons. The smallest absolute Gasteiger partial charge is 0.307 e. The topological polar surface area (TPSA) is 72.8 Å². The summed E-state index contributed by atoms with van der Waals surface area (Å²) in [5.41, 5.74) is 0. The number of carbonyl (C=O) groups is 1. The first-order chi connectivity index (χ1) is 9.11. The minimum Gasteiger partial charge on any atom is -0.593 e. The van der Waals surface area contributed by atoms with Gasteiger partial charge in [0, 0.05) is 6.54 Å². The first-order valence-corrected chi connectivity index (χ1v) is 7.26. The molecule has 1 N–H and O–H groups in total. The van der Waals surface area contributed by atoms with E-state index in [0.29, 0.717) is 30.2 Å². The standard InChI is InChI=1S/C13H17NO4S/c1-18-11-4-6-12(7-5-11)19(17)14-8-2-3-10(9-14)13(15)16/h4-7,10H,2-3,8-9H2,1H3,(H,15,16). The summed E-state index contributed by atoms with van der Waals surface area (Å²) in [6, 6.07) is 7.01. The number of ether oxygens (including phenoxy) is 1. The molecule has 0 aliphatic carbocycles. The largest absolute Gasteiger partial charge is 0.593 e. The molecule has 1 aromatic rings. The van der Waals surface area contributed by atoms with Gasteiger partial charge in [0.1, 0.15) is 5.75 Å². The highest BCUT2D eigenvalue weighted by Crippen LogP contribution is 2.25. The highest BCUT2D eigenvalue weighted by molar-refractivity contribution is 7.89. The van der Waals surface area contributed by atoms with E-state index in [0.717, 1.165) is 6.42 Å². The lowest BCUT2D eigenvalue weighted by Gasteiger charge is -2.30. The Morgan fingerprint density at radius 3 is 2.74 bits per heavy atom. The van der Waals surface area contributed by atoms with Gasteiger partial charge in [-0.25, -0.2) is 0 Å². The van der Waals surface area contributed by atoms with E-state index in [1.165, 1.54) is 0 Å². The second-order valence-corrected chi connectivity index (χ2v) is 5.98. The van der Waals surface area contributed by atoms with Crippen molar-refractivity contribution in [2.75, 3.05) is 20.2 Å². The fraction of sp³-hybridized carbons (Fsp3) is 0.462. The second-order valence-electron chi connectivity index (χ2n) is 4.49. The third-order valence-electron chi connectivity index (χ3n) is 3.23. The Kier molecular flexibility index (Phi) is 4.68. The van der Waals surface area contributed by atoms with E-state index in [4.69, 9.17) is 9.84 Å². The van der Waals surface area contributed by atoms with E-state index >= 15 is 0 Å². The van der Waals surface area contributed by atoms with Crippen molar-refractivity contribution in [3.05, 3.63) is 24.3 Å². The van der Waals surface area contributed by atoms with Gasteiger partial charge in [-0.15, -0.1) is 4.31 Å². The highest BCUT2D eigenvalue weighted by Gasteiger charge is 2.32. The molecule has 1 aromatic carbocycles. The Labute approximate surface area is 115 Å². The Morgan fingerprint density at radius 2 is 2.16 bits per heavy atom. The maximum Gasteiger partial charge on any atom is 0.307 e. The van der Waals surface area contributed by atoms with Crippen LogP contribution < -0.4 is 4.74 Å². The summed E-state index contributed by atoms with van der Waals surface area (Å²) in [5, 5.41) is 9.03. The molecule has 5 nitrogen and oxygen atoms in total. The summed E-state index contributed by atoms with van der Waals surface area (Å²) < 4.78 is 19.1. The lowest BCUT2D eigenvalue weighted by atomic mass is 10.0. The van der Waals surface area contributed by atoms with Crippen molar-refractivity contribution in [1.29, 1.82) is 0 Å². The Balaban J connectivity index is 2.05. The van der Waals surface area contributed by atoms with Gasteiger partial charge in [0.15, 0.2) is 4.90 Å². The lowest BCUT2D eigenvalue weighted by Crippen LogP contribution is -2.42. The van der Waals surface area contributed by atoms with Crippen molar-refractivity contribution in [2.24, 2.45) is 5.92 Å². The molecule has 0 amide bonds. The van der Waals surface area contributed by atoms with E-state index in [2.05, 4.69) is 0 Å². The molecule has 0 spiro atoms. The summed E-state index contributed by atoms with van der Waals surface area (Å²) >= 11 is -1.30. The maximum absolute atomic E-state index is 12.4. The van der Waals surface area contributed by atoms with Crippen LogP contribution in [0.4, 0.5) is 0 Å². The Bertz CT molecular complexity index is 437. The van der Waals surface area contributed by atoms with Crippen molar-refractivity contribution in [2.45, 2.75) is 17.7 Å². The van der Waals surface area contributed by atoms with Gasteiger partial charge in [-0.05, 0) is 37.1 Å². The van der Waals surface area contributed by atoms with E-state index in [1.807, 2.05) is 0 Å². The normalized spacial score (nSPS) is 21.9. The van der Waals surface area contributed by atoms with Gasteiger partial charge in [-0.3, -0.25) is 4.79 Å². The van der Waals surface area contributed by atoms with Gasteiger partial charge >= 0.3 is 5.97 Å². The Morgan fingerprint density at radius 1 is 1.47 bits per heavy atom. The molecule has 0 bridgehead atoms. The third kappa shape index (κ3) is 3.40. The molecule has 1 aliphatic heterocycles. The van der Waals surface area contributed by atoms with Crippen LogP contribution >= 0.6 is 0 Å². The molecule has 2 rings (SSSR count). The van der Waals surface area contributed by atoms with Gasteiger partial charge < -0.3 is 14.4 Å². The number of carboxylic acids is 1. The van der Waals surface area contributed by atoms with Crippen LogP contribution in [0, 0.1) is 5.92 Å². The predicted octanol–water partition coefficient (Wildman–Crippen LogP) is 1.51. The zero-order chi connectivity index (χ0) is 13.8. The summed E-state index contributed by atoms with van der Waals surface area (Å²) in [6.07, 6.45) is 1.42. The molecule has 1 heterocycles. The van der Waals surface area contributed by atoms with E-state index < -0.39 is 23.2 Å². The molecule has 0 radical (unpaired) electrons. The number of rotatable bonds is 4. The zero-order valence-corrected chi connectivity index (χ0v) is 11.6. The van der Waals surface area contributed by atoms with Crippen molar-refractivity contribution < 1.29 is 19.2 Å². The average Bonchev–Trinajstić information content (AvgIpc) is 2.46. The van der Waals surface area contributed by atoms with Crippen LogP contribution in [0.15, 0.2) is 29.2 Å². The number of hydrogen-bond acceptors (Lipinski definition) is 4. The predicted molar refractivity (Wildman–Crippen MR) is 71.3 cm³/mol. The quantitative estimate of drug-likeness (QED) is 0.848. The van der Waals surface area contributed by atoms with Crippen molar-refractivity contribution in [3.8, 4) is 5.75 Å². The van der Waals surface area contributed by atoms with Crippen LogP contribution in [0.2, 0.25) is 0 Å². The number of piperidine rings is 1. The monoisotopic (exact) mass is 283 g/mol. The first kappa shape index (κ1) is 14.2. The van der Waals surface area contributed by atoms with Gasteiger partial charge in [0.25, 0.3) is 0 Å². The van der Waals surface area contributed by atoms with Gasteiger partial charge in [0.05, 0.1) is 30.9 Å². The van der Waals surface area contributed by atoms with Crippen LogP contribution in [0.5, 0.6) is 5.75 Å². The molecule has 0 saturated carbocycles. The van der Waals surface area contributed by atoms with Crippen molar-refractivity contribution in [1.82, 2.24) is 4.31 Å². The number of methoxy groups -OCH3 is 1. The molecule has 2 unspecified atom stereocenters. The van der Waals surface area contributed by atoms with Crippen molar-refractivity contribution in [3.63, 3.8) is 0 Å². The fourth-order valence-electron chi connectivity index (χ4n) is 2.14. The van der Waals surface area contributed by atoms with E-state index in [-0.39, 0.29) is 0 Å². The molecular formula is C13H17NO4S. The van der Waals surface area contributed by atoms with Crippen LogP contribution in [-0.4, -0.2) is 40.1 Å². The van der Waals surface area contributed by atoms with Crippen LogP contribution in [0.1, 0.15) is 12.8 Å².